The predicted molar refractivity (Wildman–Crippen MR) is 140 cm³/mol. The average molecular weight is 538 g/mol. The fourth-order valence-corrected chi connectivity index (χ4v) is 6.52. The number of carbonyl (C=O) groups is 2. The highest BCUT2D eigenvalue weighted by molar-refractivity contribution is 8.01. The molecule has 3 N–H and O–H groups in total. The van der Waals surface area contributed by atoms with Crippen LogP contribution in [0, 0.1) is 0 Å². The van der Waals surface area contributed by atoms with Gasteiger partial charge >= 0.3 is 17.1 Å². The Morgan fingerprint density at radius 2 is 1.76 bits per heavy atom. The molecule has 190 valence electrons. The van der Waals surface area contributed by atoms with Gasteiger partial charge in [-0.3, -0.25) is 23.9 Å². The molecule has 1 fully saturated rings. The van der Waals surface area contributed by atoms with Gasteiger partial charge in [0.15, 0.2) is 11.3 Å². The van der Waals surface area contributed by atoms with Crippen LogP contribution in [0.1, 0.15) is 17.2 Å². The standard InChI is InChI=1S/C25H23N5O5S2/c1-29-22(33)20(31)27-28-25(29)37-13-16-12-36-23-17(26)21(32)30(23)18(16)24(34)35-19(14-8-4-2-5-9-14)15-10-6-3-7-11-15/h2-11,17,19,23H,12-13,26H2,1H3,(H,27,31)/t17?,23-/m1/s1. The maximum absolute atomic E-state index is 13.7. The van der Waals surface area contributed by atoms with Gasteiger partial charge in [-0.25, -0.2) is 9.89 Å². The van der Waals surface area contributed by atoms with E-state index in [1.807, 2.05) is 60.7 Å². The van der Waals surface area contributed by atoms with E-state index in [1.165, 1.54) is 35.5 Å². The summed E-state index contributed by atoms with van der Waals surface area (Å²) >= 11 is 2.64. The van der Waals surface area contributed by atoms with Crippen molar-refractivity contribution in [3.05, 3.63) is 104 Å². The second-order valence-electron chi connectivity index (χ2n) is 8.48. The van der Waals surface area contributed by atoms with Crippen LogP contribution in [0.15, 0.2) is 86.7 Å². The van der Waals surface area contributed by atoms with Gasteiger partial charge in [-0.05, 0) is 16.7 Å². The van der Waals surface area contributed by atoms with Gasteiger partial charge in [0.2, 0.25) is 5.91 Å². The zero-order valence-electron chi connectivity index (χ0n) is 19.7. The fourth-order valence-electron chi connectivity index (χ4n) is 4.17. The summed E-state index contributed by atoms with van der Waals surface area (Å²) in [6.45, 7) is 0. The van der Waals surface area contributed by atoms with Gasteiger partial charge in [-0.15, -0.1) is 16.9 Å². The van der Waals surface area contributed by atoms with Crippen molar-refractivity contribution in [3.8, 4) is 0 Å². The first-order valence-corrected chi connectivity index (χ1v) is 13.4. The third kappa shape index (κ3) is 4.75. The number of fused-ring (bicyclic) bond motifs is 1. The molecule has 0 aliphatic carbocycles. The normalized spacial score (nSPS) is 19.0. The molecule has 1 aromatic heterocycles. The molecule has 37 heavy (non-hydrogen) atoms. The topological polar surface area (TPSA) is 140 Å². The van der Waals surface area contributed by atoms with Crippen molar-refractivity contribution in [1.29, 1.82) is 0 Å². The van der Waals surface area contributed by atoms with Crippen molar-refractivity contribution in [2.45, 2.75) is 22.7 Å². The van der Waals surface area contributed by atoms with Gasteiger partial charge in [0.25, 0.3) is 0 Å². The quantitative estimate of drug-likeness (QED) is 0.198. The Kier molecular flexibility index (Phi) is 7.04. The van der Waals surface area contributed by atoms with Crippen molar-refractivity contribution in [1.82, 2.24) is 19.7 Å². The van der Waals surface area contributed by atoms with E-state index in [9.17, 15) is 19.2 Å². The molecule has 5 rings (SSSR count). The molecule has 3 heterocycles. The van der Waals surface area contributed by atoms with Crippen molar-refractivity contribution in [2.24, 2.45) is 12.8 Å². The Balaban J connectivity index is 1.49. The first-order chi connectivity index (χ1) is 17.9. The number of nitrogens with zero attached hydrogens (tertiary/aromatic N) is 3. The van der Waals surface area contributed by atoms with E-state index in [1.54, 1.807) is 0 Å². The summed E-state index contributed by atoms with van der Waals surface area (Å²) in [6.07, 6.45) is -0.684. The summed E-state index contributed by atoms with van der Waals surface area (Å²) in [7, 11) is 1.45. The Morgan fingerprint density at radius 1 is 1.14 bits per heavy atom. The van der Waals surface area contributed by atoms with Gasteiger partial charge in [-0.1, -0.05) is 72.4 Å². The summed E-state index contributed by atoms with van der Waals surface area (Å²) in [5.41, 5.74) is 6.85. The molecular weight excluding hydrogens is 514 g/mol. The lowest BCUT2D eigenvalue weighted by Crippen LogP contribution is -2.68. The molecule has 1 saturated heterocycles. The minimum absolute atomic E-state index is 0.161. The SMILES string of the molecule is Cn1c(SCC2=C(C(=O)OC(c3ccccc3)c3ccccc3)N3C(=O)C(N)[C@H]3SC2)n[nH]c(=O)c1=O. The highest BCUT2D eigenvalue weighted by atomic mass is 32.2. The second-order valence-corrected chi connectivity index (χ2v) is 10.5. The molecule has 1 unspecified atom stereocenters. The Morgan fingerprint density at radius 3 is 2.38 bits per heavy atom. The van der Waals surface area contributed by atoms with Crippen LogP contribution >= 0.6 is 23.5 Å². The highest BCUT2D eigenvalue weighted by Gasteiger charge is 2.52. The Bertz CT molecular complexity index is 1450. The molecule has 2 aromatic carbocycles. The number of β-lactam (4-membered cyclic amide) rings is 1. The monoisotopic (exact) mass is 537 g/mol. The molecule has 3 aromatic rings. The number of benzene rings is 2. The smallest absolute Gasteiger partial charge is 0.356 e. The van der Waals surface area contributed by atoms with Crippen LogP contribution in [0.5, 0.6) is 0 Å². The molecule has 2 atom stereocenters. The van der Waals surface area contributed by atoms with E-state index in [2.05, 4.69) is 10.2 Å². The summed E-state index contributed by atoms with van der Waals surface area (Å²) in [5.74, 6) is -0.297. The molecule has 0 spiro atoms. The lowest BCUT2D eigenvalue weighted by molar-refractivity contribution is -0.153. The van der Waals surface area contributed by atoms with Crippen LogP contribution in [0.3, 0.4) is 0 Å². The number of carbonyl (C=O) groups excluding carboxylic acids is 2. The van der Waals surface area contributed by atoms with E-state index in [-0.39, 0.29) is 27.9 Å². The fraction of sp³-hybridized carbons (Fsp3) is 0.240. The number of nitrogens with two attached hydrogens (primary N) is 1. The van der Waals surface area contributed by atoms with Crippen molar-refractivity contribution < 1.29 is 14.3 Å². The number of amides is 1. The zero-order chi connectivity index (χ0) is 26.1. The number of nitrogens with one attached hydrogen (secondary N) is 1. The van der Waals surface area contributed by atoms with Crippen LogP contribution in [0.2, 0.25) is 0 Å². The minimum atomic E-state index is -0.820. The van der Waals surface area contributed by atoms with Gasteiger partial charge in [0, 0.05) is 18.6 Å². The predicted octanol–water partition coefficient (Wildman–Crippen LogP) is 1.39. The molecule has 2 aliphatic rings. The van der Waals surface area contributed by atoms with E-state index in [0.29, 0.717) is 11.3 Å². The minimum Gasteiger partial charge on any atom is -0.448 e. The number of thioether (sulfide) groups is 2. The molecule has 1 amide bonds. The summed E-state index contributed by atoms with van der Waals surface area (Å²) < 4.78 is 7.22. The van der Waals surface area contributed by atoms with Crippen molar-refractivity contribution in [2.75, 3.05) is 11.5 Å². The van der Waals surface area contributed by atoms with Gasteiger partial charge in [-0.2, -0.15) is 0 Å². The number of rotatable bonds is 7. The van der Waals surface area contributed by atoms with Crippen LogP contribution < -0.4 is 16.9 Å². The van der Waals surface area contributed by atoms with Gasteiger partial charge in [0.1, 0.15) is 17.1 Å². The third-order valence-electron chi connectivity index (χ3n) is 6.13. The maximum atomic E-state index is 13.7. The molecule has 12 heteroatoms. The second kappa shape index (κ2) is 10.4. The maximum Gasteiger partial charge on any atom is 0.356 e. The summed E-state index contributed by atoms with van der Waals surface area (Å²) in [4.78, 5) is 51.4. The highest BCUT2D eigenvalue weighted by Crippen LogP contribution is 2.41. The van der Waals surface area contributed by atoms with Gasteiger partial charge in [0.05, 0.1) is 0 Å². The lowest BCUT2D eigenvalue weighted by Gasteiger charge is -2.48. The number of hydrogen-bond acceptors (Lipinski definition) is 9. The largest absolute Gasteiger partial charge is 0.448 e. The van der Waals surface area contributed by atoms with Crippen LogP contribution in [0.25, 0.3) is 0 Å². The van der Waals surface area contributed by atoms with Crippen molar-refractivity contribution >= 4 is 35.4 Å². The van der Waals surface area contributed by atoms with Crippen LogP contribution in [-0.2, 0) is 21.4 Å². The number of ether oxygens (including phenoxy) is 1. The molecule has 2 aliphatic heterocycles. The molecular formula is C25H23N5O5S2. The number of H-pyrrole nitrogens is 1. The molecule has 0 bridgehead atoms. The first kappa shape index (κ1) is 25.1. The molecule has 0 saturated carbocycles. The Labute approximate surface area is 219 Å². The van der Waals surface area contributed by atoms with E-state index in [4.69, 9.17) is 10.5 Å². The first-order valence-electron chi connectivity index (χ1n) is 11.4. The third-order valence-corrected chi connectivity index (χ3v) is 8.60. The van der Waals surface area contributed by atoms with Crippen molar-refractivity contribution in [3.63, 3.8) is 0 Å². The van der Waals surface area contributed by atoms with E-state index in [0.717, 1.165) is 15.7 Å². The summed E-state index contributed by atoms with van der Waals surface area (Å²) in [5, 5.41) is 6.04. The van der Waals surface area contributed by atoms with Crippen LogP contribution in [0.4, 0.5) is 0 Å². The van der Waals surface area contributed by atoms with E-state index < -0.39 is 29.2 Å². The molecule has 0 radical (unpaired) electrons. The van der Waals surface area contributed by atoms with Gasteiger partial charge < -0.3 is 10.5 Å². The van der Waals surface area contributed by atoms with Crippen LogP contribution in [-0.4, -0.2) is 54.5 Å². The zero-order valence-corrected chi connectivity index (χ0v) is 21.3. The van der Waals surface area contributed by atoms with E-state index >= 15 is 0 Å². The lowest BCUT2D eigenvalue weighted by atomic mass is 10.0. The summed E-state index contributed by atoms with van der Waals surface area (Å²) in [6, 6.07) is 18.1. The number of aromatic amines is 1. The molecule has 10 nitrogen and oxygen atoms in total. The number of hydrogen-bond donors (Lipinski definition) is 2. The Hall–Kier alpha value is -3.61. The number of esters is 1. The average Bonchev–Trinajstić information content (AvgIpc) is 2.94. The number of aromatic nitrogens is 3.